The zero-order valence-corrected chi connectivity index (χ0v) is 16.1. The van der Waals surface area contributed by atoms with E-state index in [0.29, 0.717) is 23.6 Å². The average Bonchev–Trinajstić information content (AvgIpc) is 3.22. The molecule has 1 aromatic heterocycles. The largest absolute Gasteiger partial charge is 0.477 e. The van der Waals surface area contributed by atoms with Gasteiger partial charge in [0.25, 0.3) is 5.72 Å². The molecule has 0 spiro atoms. The summed E-state index contributed by atoms with van der Waals surface area (Å²) in [6, 6.07) is 17.4. The van der Waals surface area contributed by atoms with Gasteiger partial charge in [0.15, 0.2) is 0 Å². The Labute approximate surface area is 169 Å². The number of aliphatic carboxylic acids is 1. The molecule has 0 bridgehead atoms. The molecule has 1 amide bonds. The summed E-state index contributed by atoms with van der Waals surface area (Å²) in [6.45, 7) is 1.87. The number of amides is 1. The summed E-state index contributed by atoms with van der Waals surface area (Å²) in [5.74, 6) is -1.26. The van der Waals surface area contributed by atoms with E-state index in [1.54, 1.807) is 60.7 Å². The van der Waals surface area contributed by atoms with E-state index in [9.17, 15) is 14.7 Å². The Morgan fingerprint density at radius 1 is 1.10 bits per heavy atom. The number of rotatable bonds is 9. The van der Waals surface area contributed by atoms with Crippen LogP contribution in [-0.2, 0) is 16.0 Å². The normalized spacial score (nSPS) is 12.7. The quantitative estimate of drug-likeness (QED) is 0.541. The molecule has 0 aliphatic carbocycles. The smallest absolute Gasteiger partial charge is 0.371 e. The Balaban J connectivity index is 2.18. The van der Waals surface area contributed by atoms with Crippen molar-refractivity contribution in [3.8, 4) is 5.75 Å². The van der Waals surface area contributed by atoms with Crippen molar-refractivity contribution in [1.82, 2.24) is 9.97 Å². The van der Waals surface area contributed by atoms with Crippen LogP contribution < -0.4 is 9.64 Å². The van der Waals surface area contributed by atoms with Gasteiger partial charge in [-0.05, 0) is 30.7 Å². The number of hydrogen-bond acceptors (Lipinski definition) is 4. The first-order chi connectivity index (χ1) is 14.1. The highest BCUT2D eigenvalue weighted by Crippen LogP contribution is 2.32. The van der Waals surface area contributed by atoms with Crippen LogP contribution in [0.4, 0.5) is 5.69 Å². The SMILES string of the molecule is CCCC(=O)N(c1ccccc1)[C@@](Cc1cnc[nH]1)(Oc1ccccc1)C(=O)O. The zero-order chi connectivity index (χ0) is 20.7. The maximum atomic E-state index is 13.2. The highest BCUT2D eigenvalue weighted by Gasteiger charge is 2.50. The molecule has 7 heteroatoms. The number of carbonyl (C=O) groups excluding carboxylic acids is 1. The predicted molar refractivity (Wildman–Crippen MR) is 109 cm³/mol. The van der Waals surface area contributed by atoms with Gasteiger partial charge in [0, 0.05) is 24.0 Å². The number of imidazole rings is 1. The van der Waals surface area contributed by atoms with E-state index in [-0.39, 0.29) is 18.7 Å². The van der Waals surface area contributed by atoms with Crippen molar-refractivity contribution < 1.29 is 19.4 Å². The van der Waals surface area contributed by atoms with Gasteiger partial charge in [0.1, 0.15) is 5.75 Å². The molecule has 0 aliphatic heterocycles. The third-order valence-corrected chi connectivity index (χ3v) is 4.44. The van der Waals surface area contributed by atoms with Crippen molar-refractivity contribution in [2.75, 3.05) is 4.90 Å². The van der Waals surface area contributed by atoms with Gasteiger partial charge in [-0.2, -0.15) is 0 Å². The lowest BCUT2D eigenvalue weighted by Gasteiger charge is -2.40. The number of H-pyrrole nitrogens is 1. The number of aromatic amines is 1. The van der Waals surface area contributed by atoms with E-state index in [0.717, 1.165) is 0 Å². The van der Waals surface area contributed by atoms with E-state index in [1.165, 1.54) is 17.4 Å². The number of nitrogens with zero attached hydrogens (tertiary/aromatic N) is 2. The van der Waals surface area contributed by atoms with Crippen molar-refractivity contribution in [3.63, 3.8) is 0 Å². The molecule has 0 unspecified atom stereocenters. The van der Waals surface area contributed by atoms with Crippen LogP contribution in [0.1, 0.15) is 25.5 Å². The molecule has 7 nitrogen and oxygen atoms in total. The van der Waals surface area contributed by atoms with E-state index >= 15 is 0 Å². The van der Waals surface area contributed by atoms with Crippen LogP contribution in [-0.4, -0.2) is 32.7 Å². The van der Waals surface area contributed by atoms with Gasteiger partial charge in [-0.3, -0.25) is 9.69 Å². The number of carbonyl (C=O) groups is 2. The molecule has 2 aromatic carbocycles. The molecule has 0 radical (unpaired) electrons. The Hall–Kier alpha value is -3.61. The number of carboxylic acid groups (broad SMARTS) is 1. The molecule has 0 aliphatic rings. The van der Waals surface area contributed by atoms with Crippen LogP contribution in [0.15, 0.2) is 73.2 Å². The number of carboxylic acids is 1. The number of benzene rings is 2. The molecule has 1 heterocycles. The van der Waals surface area contributed by atoms with Gasteiger partial charge >= 0.3 is 5.97 Å². The highest BCUT2D eigenvalue weighted by atomic mass is 16.5. The number of ether oxygens (including phenoxy) is 1. The summed E-state index contributed by atoms with van der Waals surface area (Å²) >= 11 is 0. The summed E-state index contributed by atoms with van der Waals surface area (Å²) in [5.41, 5.74) is -1.01. The van der Waals surface area contributed by atoms with Gasteiger partial charge < -0.3 is 14.8 Å². The number of nitrogens with one attached hydrogen (secondary N) is 1. The molecular weight excluding hydrogens is 370 g/mol. The summed E-state index contributed by atoms with van der Waals surface area (Å²) in [6.07, 6.45) is 3.64. The summed E-state index contributed by atoms with van der Waals surface area (Å²) in [5, 5.41) is 10.4. The summed E-state index contributed by atoms with van der Waals surface area (Å²) in [7, 11) is 0. The number of anilines is 1. The molecule has 0 saturated carbocycles. The van der Waals surface area contributed by atoms with E-state index < -0.39 is 11.7 Å². The fourth-order valence-corrected chi connectivity index (χ4v) is 3.16. The van der Waals surface area contributed by atoms with Crippen molar-refractivity contribution >= 4 is 17.6 Å². The van der Waals surface area contributed by atoms with Gasteiger partial charge in [0.2, 0.25) is 5.91 Å². The van der Waals surface area contributed by atoms with Gasteiger partial charge in [-0.25, -0.2) is 9.78 Å². The van der Waals surface area contributed by atoms with Crippen molar-refractivity contribution in [3.05, 3.63) is 78.9 Å². The Morgan fingerprint density at radius 3 is 2.31 bits per heavy atom. The minimum absolute atomic E-state index is 0.110. The minimum Gasteiger partial charge on any atom is -0.477 e. The first kappa shape index (κ1) is 20.1. The maximum absolute atomic E-state index is 13.2. The zero-order valence-electron chi connectivity index (χ0n) is 16.1. The van der Waals surface area contributed by atoms with Gasteiger partial charge in [-0.15, -0.1) is 0 Å². The number of aromatic nitrogens is 2. The van der Waals surface area contributed by atoms with Crippen molar-refractivity contribution in [2.24, 2.45) is 0 Å². The molecule has 1 atom stereocenters. The lowest BCUT2D eigenvalue weighted by molar-refractivity contribution is -0.157. The Bertz CT molecular complexity index is 929. The summed E-state index contributed by atoms with van der Waals surface area (Å²) < 4.78 is 6.08. The van der Waals surface area contributed by atoms with E-state index in [1.807, 2.05) is 6.92 Å². The van der Waals surface area contributed by atoms with Crippen molar-refractivity contribution in [2.45, 2.75) is 31.9 Å². The second-order valence-electron chi connectivity index (χ2n) is 6.57. The Morgan fingerprint density at radius 2 is 1.76 bits per heavy atom. The van der Waals surface area contributed by atoms with Crippen LogP contribution >= 0.6 is 0 Å². The maximum Gasteiger partial charge on any atom is 0.371 e. The van der Waals surface area contributed by atoms with Crippen LogP contribution in [0.5, 0.6) is 5.75 Å². The summed E-state index contributed by atoms with van der Waals surface area (Å²) in [4.78, 5) is 34.0. The average molecular weight is 393 g/mol. The van der Waals surface area contributed by atoms with Crippen molar-refractivity contribution in [1.29, 1.82) is 0 Å². The molecule has 29 heavy (non-hydrogen) atoms. The van der Waals surface area contributed by atoms with Crippen LogP contribution in [0.25, 0.3) is 0 Å². The van der Waals surface area contributed by atoms with Crippen LogP contribution in [0.3, 0.4) is 0 Å². The van der Waals surface area contributed by atoms with Gasteiger partial charge in [0.05, 0.1) is 12.7 Å². The monoisotopic (exact) mass is 393 g/mol. The van der Waals surface area contributed by atoms with Crippen LogP contribution in [0.2, 0.25) is 0 Å². The Kier molecular flexibility index (Phi) is 6.29. The molecule has 0 saturated heterocycles. The first-order valence-corrected chi connectivity index (χ1v) is 9.39. The molecule has 3 aromatic rings. The van der Waals surface area contributed by atoms with E-state index in [4.69, 9.17) is 4.74 Å². The second-order valence-corrected chi connectivity index (χ2v) is 6.57. The number of para-hydroxylation sites is 2. The molecular formula is C22H23N3O4. The first-order valence-electron chi connectivity index (χ1n) is 9.39. The fraction of sp³-hybridized carbons (Fsp3) is 0.227. The predicted octanol–water partition coefficient (Wildman–Crippen LogP) is 3.65. The lowest BCUT2D eigenvalue weighted by atomic mass is 10.0. The second kappa shape index (κ2) is 9.05. The lowest BCUT2D eigenvalue weighted by Crippen LogP contribution is -2.63. The van der Waals surface area contributed by atoms with Gasteiger partial charge in [-0.1, -0.05) is 43.3 Å². The van der Waals surface area contributed by atoms with E-state index in [2.05, 4.69) is 9.97 Å². The molecule has 2 N–H and O–H groups in total. The van der Waals surface area contributed by atoms with Crippen LogP contribution in [0, 0.1) is 0 Å². The third kappa shape index (κ3) is 4.45. The minimum atomic E-state index is -2.00. The molecule has 0 fully saturated rings. The third-order valence-electron chi connectivity index (χ3n) is 4.44. The highest BCUT2D eigenvalue weighted by molar-refractivity contribution is 6.01. The number of hydrogen-bond donors (Lipinski definition) is 2. The topological polar surface area (TPSA) is 95.5 Å². The standard InChI is InChI=1S/C22H23N3O4/c1-2-9-20(26)25(18-10-5-3-6-11-18)22(21(27)28,14-17-15-23-16-24-17)29-19-12-7-4-8-13-19/h3-8,10-13,15-16H,2,9,14H2,1H3,(H,23,24)(H,27,28)/t22-/m0/s1. The molecule has 3 rings (SSSR count). The fourth-order valence-electron chi connectivity index (χ4n) is 3.16. The molecule has 150 valence electrons.